The lowest BCUT2D eigenvalue weighted by atomic mass is 10.3. The Morgan fingerprint density at radius 1 is 1.59 bits per heavy atom. The van der Waals surface area contributed by atoms with Crippen molar-refractivity contribution < 1.29 is 18.3 Å². The minimum Gasteiger partial charge on any atom is -0.382 e. The molecule has 1 fully saturated rings. The molecule has 0 aliphatic carbocycles. The predicted octanol–water partition coefficient (Wildman–Crippen LogP) is 1.33. The van der Waals surface area contributed by atoms with Crippen LogP contribution in [0.1, 0.15) is 11.4 Å². The standard InChI is InChI=1S/C9H13F2N3O2S/c1-15-5-6-4-14(2-3-16-6)9-13-12-8(17-9)7(10)11/h6-7H,2-5H2,1H3/t6-/m1/s1. The van der Waals surface area contributed by atoms with Gasteiger partial charge in [0.05, 0.1) is 19.3 Å². The molecule has 2 rings (SSSR count). The predicted molar refractivity (Wildman–Crippen MR) is 58.7 cm³/mol. The van der Waals surface area contributed by atoms with Crippen molar-refractivity contribution in [3.63, 3.8) is 0 Å². The van der Waals surface area contributed by atoms with E-state index < -0.39 is 6.43 Å². The number of methoxy groups -OCH3 is 1. The molecule has 17 heavy (non-hydrogen) atoms. The topological polar surface area (TPSA) is 47.5 Å². The highest BCUT2D eigenvalue weighted by molar-refractivity contribution is 7.15. The molecule has 1 saturated heterocycles. The summed E-state index contributed by atoms with van der Waals surface area (Å²) >= 11 is 0.925. The highest BCUT2D eigenvalue weighted by Crippen LogP contribution is 2.28. The zero-order valence-electron chi connectivity index (χ0n) is 9.31. The maximum atomic E-state index is 12.4. The number of alkyl halides is 2. The summed E-state index contributed by atoms with van der Waals surface area (Å²) in [6.45, 7) is 2.25. The van der Waals surface area contributed by atoms with E-state index in [0.717, 1.165) is 11.3 Å². The average Bonchev–Trinajstić information content (AvgIpc) is 2.79. The molecule has 0 radical (unpaired) electrons. The van der Waals surface area contributed by atoms with Crippen LogP contribution < -0.4 is 4.90 Å². The number of hydrogen-bond donors (Lipinski definition) is 0. The normalized spacial score (nSPS) is 21.2. The number of anilines is 1. The molecule has 8 heteroatoms. The molecule has 1 aromatic heterocycles. The van der Waals surface area contributed by atoms with Gasteiger partial charge >= 0.3 is 0 Å². The first kappa shape index (κ1) is 12.6. The fourth-order valence-electron chi connectivity index (χ4n) is 1.62. The highest BCUT2D eigenvalue weighted by atomic mass is 32.1. The lowest BCUT2D eigenvalue weighted by Crippen LogP contribution is -2.44. The van der Waals surface area contributed by atoms with Gasteiger partial charge in [0.15, 0.2) is 5.01 Å². The van der Waals surface area contributed by atoms with E-state index in [2.05, 4.69) is 10.2 Å². The Morgan fingerprint density at radius 3 is 3.06 bits per heavy atom. The van der Waals surface area contributed by atoms with Crippen molar-refractivity contribution in [2.45, 2.75) is 12.5 Å². The van der Waals surface area contributed by atoms with Crippen molar-refractivity contribution in [1.82, 2.24) is 10.2 Å². The van der Waals surface area contributed by atoms with Gasteiger partial charge in [-0.25, -0.2) is 8.78 Å². The summed E-state index contributed by atoms with van der Waals surface area (Å²) in [6, 6.07) is 0. The summed E-state index contributed by atoms with van der Waals surface area (Å²) in [5.74, 6) is 0. The Labute approximate surface area is 101 Å². The SMILES string of the molecule is COC[C@H]1CN(c2nnc(C(F)F)s2)CCO1. The lowest BCUT2D eigenvalue weighted by Gasteiger charge is -2.31. The van der Waals surface area contributed by atoms with Crippen LogP contribution in [-0.2, 0) is 9.47 Å². The number of rotatable bonds is 4. The molecule has 96 valence electrons. The van der Waals surface area contributed by atoms with Crippen LogP contribution in [0.3, 0.4) is 0 Å². The van der Waals surface area contributed by atoms with Gasteiger partial charge in [0.1, 0.15) is 0 Å². The molecule has 1 aliphatic rings. The van der Waals surface area contributed by atoms with Crippen LogP contribution in [0.25, 0.3) is 0 Å². The third-order valence-corrected chi connectivity index (χ3v) is 3.37. The van der Waals surface area contributed by atoms with Crippen LogP contribution in [0, 0.1) is 0 Å². The van der Waals surface area contributed by atoms with E-state index >= 15 is 0 Å². The Bertz CT molecular complexity index is 362. The van der Waals surface area contributed by atoms with E-state index in [-0.39, 0.29) is 11.1 Å². The van der Waals surface area contributed by atoms with Crippen molar-refractivity contribution >= 4 is 16.5 Å². The lowest BCUT2D eigenvalue weighted by molar-refractivity contribution is -0.0100. The number of ether oxygens (including phenoxy) is 2. The Kier molecular flexibility index (Phi) is 4.19. The van der Waals surface area contributed by atoms with E-state index in [4.69, 9.17) is 9.47 Å². The first-order valence-corrected chi connectivity index (χ1v) is 5.99. The van der Waals surface area contributed by atoms with E-state index in [1.807, 2.05) is 4.90 Å². The minimum atomic E-state index is -2.56. The molecule has 0 aromatic carbocycles. The third-order valence-electron chi connectivity index (χ3n) is 2.38. The first-order chi connectivity index (χ1) is 8.20. The fraction of sp³-hybridized carbons (Fsp3) is 0.778. The van der Waals surface area contributed by atoms with Crippen LogP contribution in [0.5, 0.6) is 0 Å². The summed E-state index contributed by atoms with van der Waals surface area (Å²) in [6.07, 6.45) is -2.61. The number of hydrogen-bond acceptors (Lipinski definition) is 6. The zero-order valence-corrected chi connectivity index (χ0v) is 10.1. The van der Waals surface area contributed by atoms with E-state index in [1.54, 1.807) is 7.11 Å². The molecule has 1 aromatic rings. The molecule has 1 aliphatic heterocycles. The molecule has 0 spiro atoms. The van der Waals surface area contributed by atoms with Crippen molar-refractivity contribution in [1.29, 1.82) is 0 Å². The smallest absolute Gasteiger partial charge is 0.291 e. The monoisotopic (exact) mass is 265 g/mol. The van der Waals surface area contributed by atoms with Crippen LogP contribution in [0.15, 0.2) is 0 Å². The van der Waals surface area contributed by atoms with Gasteiger partial charge in [-0.2, -0.15) is 0 Å². The fourth-order valence-corrected chi connectivity index (χ4v) is 2.36. The second kappa shape index (κ2) is 5.65. The molecule has 0 saturated carbocycles. The maximum absolute atomic E-state index is 12.4. The summed E-state index contributed by atoms with van der Waals surface area (Å²) in [7, 11) is 1.60. The molecule has 0 amide bonds. The van der Waals surface area contributed by atoms with Crippen LogP contribution in [0.2, 0.25) is 0 Å². The molecule has 1 atom stereocenters. The average molecular weight is 265 g/mol. The van der Waals surface area contributed by atoms with Crippen LogP contribution >= 0.6 is 11.3 Å². The van der Waals surface area contributed by atoms with Gasteiger partial charge < -0.3 is 14.4 Å². The highest BCUT2D eigenvalue weighted by Gasteiger charge is 2.24. The Balaban J connectivity index is 2.00. The van der Waals surface area contributed by atoms with Gasteiger partial charge in [-0.05, 0) is 0 Å². The van der Waals surface area contributed by atoms with Crippen molar-refractivity contribution in [3.05, 3.63) is 5.01 Å². The molecule has 0 unspecified atom stereocenters. The summed E-state index contributed by atoms with van der Waals surface area (Å²) in [5.41, 5.74) is 0. The van der Waals surface area contributed by atoms with Gasteiger partial charge in [0.2, 0.25) is 5.13 Å². The van der Waals surface area contributed by atoms with Gasteiger partial charge in [-0.1, -0.05) is 11.3 Å². The second-order valence-electron chi connectivity index (χ2n) is 3.62. The maximum Gasteiger partial charge on any atom is 0.291 e. The first-order valence-electron chi connectivity index (χ1n) is 5.17. The van der Waals surface area contributed by atoms with E-state index in [0.29, 0.717) is 31.4 Å². The van der Waals surface area contributed by atoms with Crippen molar-refractivity contribution in [2.75, 3.05) is 38.3 Å². The molecule has 2 heterocycles. The van der Waals surface area contributed by atoms with E-state index in [9.17, 15) is 8.78 Å². The minimum absolute atomic E-state index is 0.0485. The number of morpholine rings is 1. The van der Waals surface area contributed by atoms with Crippen LogP contribution in [-0.4, -0.2) is 49.7 Å². The molecular formula is C9H13F2N3O2S. The summed E-state index contributed by atoms with van der Waals surface area (Å²) < 4.78 is 35.3. The largest absolute Gasteiger partial charge is 0.382 e. The zero-order chi connectivity index (χ0) is 12.3. The molecule has 0 N–H and O–H groups in total. The van der Waals surface area contributed by atoms with Gasteiger partial charge in [-0.3, -0.25) is 0 Å². The summed E-state index contributed by atoms with van der Waals surface area (Å²) in [5, 5.41) is 7.52. The van der Waals surface area contributed by atoms with Crippen molar-refractivity contribution in [3.8, 4) is 0 Å². The Morgan fingerprint density at radius 2 is 2.41 bits per heavy atom. The van der Waals surface area contributed by atoms with Crippen LogP contribution in [0.4, 0.5) is 13.9 Å². The summed E-state index contributed by atoms with van der Waals surface area (Å²) in [4.78, 5) is 1.90. The second-order valence-corrected chi connectivity index (χ2v) is 4.61. The number of aromatic nitrogens is 2. The quantitative estimate of drug-likeness (QED) is 0.822. The van der Waals surface area contributed by atoms with Gasteiger partial charge in [0, 0.05) is 20.2 Å². The molecular weight excluding hydrogens is 252 g/mol. The molecule has 5 nitrogen and oxygen atoms in total. The third kappa shape index (κ3) is 3.08. The van der Waals surface area contributed by atoms with Gasteiger partial charge in [-0.15, -0.1) is 10.2 Å². The number of halogens is 2. The van der Waals surface area contributed by atoms with E-state index in [1.165, 1.54) is 0 Å². The van der Waals surface area contributed by atoms with Crippen molar-refractivity contribution in [2.24, 2.45) is 0 Å². The van der Waals surface area contributed by atoms with Gasteiger partial charge in [0.25, 0.3) is 6.43 Å². The molecule has 0 bridgehead atoms. The number of nitrogens with zero attached hydrogens (tertiary/aromatic N) is 3. The Hall–Kier alpha value is -0.860.